The molecule has 0 amide bonds. The molecule has 47 heavy (non-hydrogen) atoms. The summed E-state index contributed by atoms with van der Waals surface area (Å²) in [7, 11) is 0. The molecule has 2 aromatic carbocycles. The van der Waals surface area contributed by atoms with Crippen molar-refractivity contribution in [2.45, 2.75) is 51.9 Å². The van der Waals surface area contributed by atoms with Gasteiger partial charge < -0.3 is 32.4 Å². The summed E-state index contributed by atoms with van der Waals surface area (Å²) in [6, 6.07) is 17.7. The normalized spacial score (nSPS) is 19.5. The summed E-state index contributed by atoms with van der Waals surface area (Å²) in [6.45, 7) is 12.7. The van der Waals surface area contributed by atoms with E-state index in [0.717, 1.165) is 53.5 Å². The second-order valence-corrected chi connectivity index (χ2v) is 11.4. The molecular weight excluding hydrogens is 853 g/mol. The maximum atomic E-state index is 8.64. The van der Waals surface area contributed by atoms with E-state index in [1.165, 1.54) is 0 Å². The van der Waals surface area contributed by atoms with Gasteiger partial charge in [0.05, 0.1) is 0 Å². The third-order valence-corrected chi connectivity index (χ3v) is 7.68. The number of nitrogens with zero attached hydrogens (tertiary/aromatic N) is 5. The maximum Gasteiger partial charge on any atom is 1.00 e. The molecule has 18 heteroatoms. The van der Waals surface area contributed by atoms with Gasteiger partial charge in [-0.15, -0.1) is 54.4 Å². The first-order valence-electron chi connectivity index (χ1n) is 13.8. The number of hydrogen-bond acceptors (Lipinski definition) is 11. The SMILES string of the molecule is Br.Br.C[C@H]1CN(c2nnc(Cl)c3ccccc23)[C@@H](C)CN1.C[C@H]1CN[C@@H](C)CN1.Clc1nnc(Cl)c2ccccc12.O=CO[O-].[H-].[K+].[K+]. The molecule has 4 atom stereocenters. The van der Waals surface area contributed by atoms with E-state index in [1.807, 2.05) is 42.5 Å². The number of fused-ring (bicyclic) bond motifs is 2. The molecule has 0 aliphatic carbocycles. The molecular formula is C29H39Br2Cl3K2N8O3. The molecule has 3 N–H and O–H groups in total. The third kappa shape index (κ3) is 16.3. The van der Waals surface area contributed by atoms with Crippen LogP contribution in [0, 0.1) is 0 Å². The van der Waals surface area contributed by atoms with Gasteiger partial charge in [0.2, 0.25) is 0 Å². The monoisotopic (exact) mass is 888 g/mol. The second kappa shape index (κ2) is 27.0. The molecule has 250 valence electrons. The van der Waals surface area contributed by atoms with Crippen molar-refractivity contribution in [3.63, 3.8) is 0 Å². The van der Waals surface area contributed by atoms with Crippen molar-refractivity contribution >= 4 is 103 Å². The van der Waals surface area contributed by atoms with Gasteiger partial charge in [0.1, 0.15) is 0 Å². The fraction of sp³-hybridized carbons (Fsp3) is 0.414. The van der Waals surface area contributed by atoms with Crippen LogP contribution in [0.15, 0.2) is 48.5 Å². The van der Waals surface area contributed by atoms with Gasteiger partial charge in [-0.1, -0.05) is 83.3 Å². The molecule has 2 fully saturated rings. The number of aromatic nitrogens is 4. The molecule has 11 nitrogen and oxygen atoms in total. The number of carbonyl (C=O) groups is 1. The van der Waals surface area contributed by atoms with E-state index in [2.05, 4.69) is 79.9 Å². The van der Waals surface area contributed by atoms with E-state index >= 15 is 0 Å². The molecule has 6 rings (SSSR count). The Morgan fingerprint density at radius 1 is 0.723 bits per heavy atom. The Hall–Kier alpha value is 1.33. The summed E-state index contributed by atoms with van der Waals surface area (Å²) in [5.74, 6) is 0.931. The topological polar surface area (TPSA) is 140 Å². The first-order chi connectivity index (χ1) is 20.7. The third-order valence-electron chi connectivity index (χ3n) is 6.84. The van der Waals surface area contributed by atoms with Crippen molar-refractivity contribution in [3.05, 3.63) is 64.0 Å². The van der Waals surface area contributed by atoms with Gasteiger partial charge >= 0.3 is 103 Å². The Morgan fingerprint density at radius 2 is 1.09 bits per heavy atom. The fourth-order valence-electron chi connectivity index (χ4n) is 4.52. The first-order valence-corrected chi connectivity index (χ1v) is 15.0. The van der Waals surface area contributed by atoms with Crippen molar-refractivity contribution in [1.82, 2.24) is 36.3 Å². The van der Waals surface area contributed by atoms with Crippen LogP contribution in [0.5, 0.6) is 0 Å². The van der Waals surface area contributed by atoms with E-state index in [0.29, 0.717) is 39.6 Å². The minimum Gasteiger partial charge on any atom is -1.00 e. The van der Waals surface area contributed by atoms with Crippen molar-refractivity contribution < 1.29 is 119 Å². The number of halogens is 5. The second-order valence-electron chi connectivity index (χ2n) is 10.3. The predicted octanol–water partition coefficient (Wildman–Crippen LogP) is -0.926. The van der Waals surface area contributed by atoms with Crippen LogP contribution < -0.4 is 129 Å². The molecule has 0 spiro atoms. The van der Waals surface area contributed by atoms with Gasteiger partial charge in [-0.05, 0) is 27.7 Å². The van der Waals surface area contributed by atoms with Crippen molar-refractivity contribution in [2.75, 3.05) is 31.1 Å². The molecule has 4 aromatic rings. The van der Waals surface area contributed by atoms with Crippen LogP contribution in [0.2, 0.25) is 15.5 Å². The molecule has 0 radical (unpaired) electrons. The zero-order valence-corrected chi connectivity index (χ0v) is 39.2. The zero-order valence-electron chi connectivity index (χ0n) is 28.2. The number of anilines is 1. The summed E-state index contributed by atoms with van der Waals surface area (Å²) in [5, 5.41) is 39.4. The molecule has 4 heterocycles. The number of nitrogens with one attached hydrogen (secondary N) is 3. The summed E-state index contributed by atoms with van der Waals surface area (Å²) >= 11 is 17.7. The maximum absolute atomic E-state index is 8.64. The summed E-state index contributed by atoms with van der Waals surface area (Å²) < 4.78 is 0. The minimum absolute atomic E-state index is 0. The van der Waals surface area contributed by atoms with Crippen molar-refractivity contribution in [2.24, 2.45) is 0 Å². The molecule has 0 unspecified atom stereocenters. The minimum atomic E-state index is -0.181. The number of benzene rings is 2. The number of rotatable bonds is 2. The van der Waals surface area contributed by atoms with E-state index in [4.69, 9.17) is 44.9 Å². The Bertz CT molecular complexity index is 1440. The van der Waals surface area contributed by atoms with E-state index < -0.39 is 0 Å². The Balaban J connectivity index is -0.000000609. The van der Waals surface area contributed by atoms with Crippen LogP contribution >= 0.6 is 68.8 Å². The largest absolute Gasteiger partial charge is 1.00 e. The molecule has 2 aliphatic rings. The van der Waals surface area contributed by atoms with Gasteiger partial charge in [-0.3, -0.25) is 4.79 Å². The van der Waals surface area contributed by atoms with E-state index in [9.17, 15) is 0 Å². The quantitative estimate of drug-likeness (QED) is 0.0998. The Labute approximate surface area is 398 Å². The summed E-state index contributed by atoms with van der Waals surface area (Å²) in [6.07, 6.45) is 0. The number of carbonyl (C=O) groups excluding carboxylic acids is 1. The molecule has 0 bridgehead atoms. The smallest absolute Gasteiger partial charge is 1.00 e. The number of hydrogen-bond donors (Lipinski definition) is 3. The van der Waals surface area contributed by atoms with Crippen LogP contribution in [0.25, 0.3) is 21.5 Å². The standard InChI is InChI=1S/C14H17ClN4.C8H4Cl2N2.C6H14N2.CH2O3.2BrH.2K.H/c1-9-8-19(10(2)7-16-9)14-12-6-4-3-5-11(12)13(15)17-18-14;9-7-5-3-1-2-4-6(5)8(10)12-11-7;1-5-3-8-6(2)4-7-5;2-1-4-3;;;;;/h3-6,9-10,16H,7-8H2,1-2H3;1-4H;5-8H,3-4H2,1-2H3;1,3H;2*1H;;;/q;;;;;;2*+1;-1/p-1/t9-,10-;;5-,6-;;;;;;/m0.0....../s1. The van der Waals surface area contributed by atoms with Crippen molar-refractivity contribution in [1.29, 1.82) is 0 Å². The van der Waals surface area contributed by atoms with Gasteiger partial charge in [0, 0.05) is 71.9 Å². The van der Waals surface area contributed by atoms with Gasteiger partial charge in [0.25, 0.3) is 6.47 Å². The summed E-state index contributed by atoms with van der Waals surface area (Å²) in [5.41, 5.74) is 0. The molecule has 2 aromatic heterocycles. The van der Waals surface area contributed by atoms with Gasteiger partial charge in [-0.2, -0.15) is 0 Å². The van der Waals surface area contributed by atoms with Gasteiger partial charge in [0.15, 0.2) is 21.3 Å². The average molecular weight is 892 g/mol. The molecule has 2 aliphatic heterocycles. The molecule has 0 saturated carbocycles. The Morgan fingerprint density at radius 3 is 1.49 bits per heavy atom. The van der Waals surface area contributed by atoms with Crippen LogP contribution in [0.3, 0.4) is 0 Å². The number of piperazine rings is 2. The molecule has 2 saturated heterocycles. The van der Waals surface area contributed by atoms with E-state index in [-0.39, 0.29) is 145 Å². The first kappa shape index (κ1) is 50.4. The zero-order chi connectivity index (χ0) is 31.4. The Kier molecular flexibility index (Phi) is 29.0. The average Bonchev–Trinajstić information content (AvgIpc) is 3.03. The van der Waals surface area contributed by atoms with Crippen LogP contribution in [0.4, 0.5) is 5.82 Å². The van der Waals surface area contributed by atoms with Crippen LogP contribution in [-0.2, 0) is 9.68 Å². The van der Waals surface area contributed by atoms with Crippen LogP contribution in [-0.4, -0.2) is 77.2 Å². The summed E-state index contributed by atoms with van der Waals surface area (Å²) in [4.78, 5) is 13.6. The van der Waals surface area contributed by atoms with E-state index in [1.54, 1.807) is 0 Å². The van der Waals surface area contributed by atoms with Crippen LogP contribution in [0.1, 0.15) is 29.1 Å². The fourth-order valence-corrected chi connectivity index (χ4v) is 5.13. The predicted molar refractivity (Wildman–Crippen MR) is 192 cm³/mol. The van der Waals surface area contributed by atoms with Gasteiger partial charge in [-0.25, -0.2) is 0 Å². The van der Waals surface area contributed by atoms with Crippen molar-refractivity contribution in [3.8, 4) is 0 Å².